The molecule has 1 unspecified atom stereocenters. The van der Waals surface area contributed by atoms with Crippen molar-refractivity contribution in [3.05, 3.63) is 12.3 Å². The molecule has 0 heterocycles. The number of ether oxygens (including phenoxy) is 2. The zero-order valence-corrected chi connectivity index (χ0v) is 13.8. The van der Waals surface area contributed by atoms with E-state index in [9.17, 15) is 4.79 Å². The number of hydrogen-bond donors (Lipinski definition) is 0. The molecule has 0 bridgehead atoms. The van der Waals surface area contributed by atoms with Crippen LogP contribution in [0.5, 0.6) is 0 Å². The summed E-state index contributed by atoms with van der Waals surface area (Å²) in [5.74, 6) is 0.537. The van der Waals surface area contributed by atoms with Crippen LogP contribution in [0.4, 0.5) is 0 Å². The average molecular weight is 270 g/mol. The molecule has 19 heavy (non-hydrogen) atoms. The molecule has 0 rings (SSSR count). The minimum absolute atomic E-state index is 0.153. The van der Waals surface area contributed by atoms with Crippen LogP contribution in [0.25, 0.3) is 0 Å². The van der Waals surface area contributed by atoms with E-state index in [1.165, 1.54) is 0 Å². The first-order valence-corrected chi connectivity index (χ1v) is 6.85. The van der Waals surface area contributed by atoms with Crippen LogP contribution in [0.2, 0.25) is 0 Å². The minimum Gasteiger partial charge on any atom is -0.501 e. The Bertz CT molecular complexity index is 336. The van der Waals surface area contributed by atoms with E-state index < -0.39 is 11.0 Å². The molecule has 0 amide bonds. The van der Waals surface area contributed by atoms with Gasteiger partial charge in [-0.3, -0.25) is 4.79 Å². The Morgan fingerprint density at radius 3 is 1.89 bits per heavy atom. The van der Waals surface area contributed by atoms with Gasteiger partial charge in [0, 0.05) is 5.41 Å². The van der Waals surface area contributed by atoms with Gasteiger partial charge < -0.3 is 9.47 Å². The monoisotopic (exact) mass is 270 g/mol. The second kappa shape index (κ2) is 5.98. The van der Waals surface area contributed by atoms with Crippen molar-refractivity contribution in [2.45, 2.75) is 66.9 Å². The lowest BCUT2D eigenvalue weighted by Crippen LogP contribution is -2.39. The Kier molecular flexibility index (Phi) is 5.66. The van der Waals surface area contributed by atoms with E-state index in [0.717, 1.165) is 6.42 Å². The summed E-state index contributed by atoms with van der Waals surface area (Å²) in [5.41, 5.74) is -1.26. The van der Waals surface area contributed by atoms with E-state index in [1.807, 2.05) is 48.5 Å². The first-order chi connectivity index (χ1) is 8.38. The van der Waals surface area contributed by atoms with Crippen LogP contribution in [0, 0.1) is 10.8 Å². The lowest BCUT2D eigenvalue weighted by Gasteiger charge is -2.37. The highest BCUT2D eigenvalue weighted by molar-refractivity contribution is 5.76. The van der Waals surface area contributed by atoms with Crippen molar-refractivity contribution < 1.29 is 14.3 Å². The first kappa shape index (κ1) is 18.0. The summed E-state index contributed by atoms with van der Waals surface area (Å²) < 4.78 is 10.8. The molecule has 0 saturated heterocycles. The van der Waals surface area contributed by atoms with Gasteiger partial charge in [0.25, 0.3) is 0 Å². The normalized spacial score (nSPS) is 15.6. The van der Waals surface area contributed by atoms with Crippen LogP contribution in [0.1, 0.15) is 61.3 Å². The Labute approximate surface area is 118 Å². The maximum absolute atomic E-state index is 12.4. The van der Waals surface area contributed by atoms with Crippen molar-refractivity contribution in [3.8, 4) is 0 Å². The Balaban J connectivity index is 5.08. The van der Waals surface area contributed by atoms with Crippen molar-refractivity contribution in [1.82, 2.24) is 0 Å². The van der Waals surface area contributed by atoms with Crippen LogP contribution >= 0.6 is 0 Å². The molecule has 3 nitrogen and oxygen atoms in total. The van der Waals surface area contributed by atoms with Gasteiger partial charge in [0.2, 0.25) is 0 Å². The smallest absolute Gasteiger partial charge is 0.312 e. The maximum Gasteiger partial charge on any atom is 0.312 e. The Hall–Kier alpha value is -0.990. The molecule has 0 aliphatic carbocycles. The molecule has 112 valence electrons. The number of hydrogen-bond acceptors (Lipinski definition) is 3. The predicted molar refractivity (Wildman–Crippen MR) is 78.8 cm³/mol. The molecule has 3 heteroatoms. The van der Waals surface area contributed by atoms with Gasteiger partial charge in [-0.2, -0.15) is 0 Å². The molecule has 0 aliphatic heterocycles. The molecule has 0 aromatic rings. The third-order valence-corrected chi connectivity index (χ3v) is 3.51. The lowest BCUT2D eigenvalue weighted by molar-refractivity contribution is -0.168. The van der Waals surface area contributed by atoms with Crippen LogP contribution in [0.15, 0.2) is 12.3 Å². The Morgan fingerprint density at radius 1 is 1.11 bits per heavy atom. The summed E-state index contributed by atoms with van der Waals surface area (Å²) in [5, 5.41) is 0. The summed E-state index contributed by atoms with van der Waals surface area (Å²) in [7, 11) is 1.61. The number of carbonyl (C=O) groups excluding carboxylic acids is 1. The highest BCUT2D eigenvalue weighted by Gasteiger charge is 2.41. The zero-order valence-electron chi connectivity index (χ0n) is 13.8. The molecular weight excluding hydrogens is 240 g/mol. The van der Waals surface area contributed by atoms with Crippen LogP contribution < -0.4 is 0 Å². The number of methoxy groups -OCH3 is 1. The summed E-state index contributed by atoms with van der Waals surface area (Å²) in [4.78, 5) is 12.4. The number of esters is 1. The molecule has 0 aromatic heterocycles. The summed E-state index contributed by atoms with van der Waals surface area (Å²) in [6.07, 6.45) is 1.38. The quantitative estimate of drug-likeness (QED) is 0.532. The van der Waals surface area contributed by atoms with Crippen molar-refractivity contribution in [2.24, 2.45) is 10.8 Å². The maximum atomic E-state index is 12.4. The molecule has 0 aromatic carbocycles. The largest absolute Gasteiger partial charge is 0.501 e. The molecule has 0 aliphatic rings. The van der Waals surface area contributed by atoms with Gasteiger partial charge in [0.15, 0.2) is 0 Å². The highest BCUT2D eigenvalue weighted by Crippen LogP contribution is 2.42. The van der Waals surface area contributed by atoms with Gasteiger partial charge in [-0.15, -0.1) is 0 Å². The number of rotatable bonds is 6. The van der Waals surface area contributed by atoms with Gasteiger partial charge in [0.1, 0.15) is 5.60 Å². The van der Waals surface area contributed by atoms with Gasteiger partial charge in [0.05, 0.1) is 18.3 Å². The van der Waals surface area contributed by atoms with E-state index >= 15 is 0 Å². The van der Waals surface area contributed by atoms with Crippen molar-refractivity contribution in [1.29, 1.82) is 0 Å². The molecular formula is C16H30O3. The predicted octanol–water partition coefficient (Wildman–Crippen LogP) is 4.32. The van der Waals surface area contributed by atoms with Crippen molar-refractivity contribution >= 4 is 5.97 Å². The highest BCUT2D eigenvalue weighted by atomic mass is 16.6. The van der Waals surface area contributed by atoms with Crippen LogP contribution in [-0.2, 0) is 14.3 Å². The van der Waals surface area contributed by atoms with Gasteiger partial charge in [-0.1, -0.05) is 27.4 Å². The van der Waals surface area contributed by atoms with E-state index in [-0.39, 0.29) is 11.4 Å². The second-order valence-corrected chi connectivity index (χ2v) is 7.10. The molecule has 0 N–H and O–H groups in total. The van der Waals surface area contributed by atoms with Gasteiger partial charge in [-0.05, 0) is 40.5 Å². The molecule has 1 atom stereocenters. The summed E-state index contributed by atoms with van der Waals surface area (Å²) in [6, 6.07) is 0. The van der Waals surface area contributed by atoms with Crippen LogP contribution in [-0.4, -0.2) is 18.7 Å². The molecule has 0 radical (unpaired) electrons. The second-order valence-electron chi connectivity index (χ2n) is 7.10. The van der Waals surface area contributed by atoms with Gasteiger partial charge in [-0.25, -0.2) is 0 Å². The standard InChI is InChI=1S/C16H30O3/c1-10-16(8,13(17)19-14(3,4)5)11-15(6,7)12(2)18-9/h2,10-11H2,1,3-9H3. The van der Waals surface area contributed by atoms with Crippen molar-refractivity contribution in [3.63, 3.8) is 0 Å². The fourth-order valence-electron chi connectivity index (χ4n) is 2.09. The van der Waals surface area contributed by atoms with E-state index in [4.69, 9.17) is 9.47 Å². The molecule has 0 fully saturated rings. The average Bonchev–Trinajstić information content (AvgIpc) is 2.24. The zero-order chi connectivity index (χ0) is 15.5. The fraction of sp³-hybridized carbons (Fsp3) is 0.812. The summed E-state index contributed by atoms with van der Waals surface area (Å²) >= 11 is 0. The minimum atomic E-state index is -0.530. The molecule has 0 saturated carbocycles. The van der Waals surface area contributed by atoms with E-state index in [1.54, 1.807) is 7.11 Å². The number of allylic oxidation sites excluding steroid dienone is 1. The lowest BCUT2D eigenvalue weighted by atomic mass is 9.71. The number of carbonyl (C=O) groups is 1. The third kappa shape index (κ3) is 5.25. The fourth-order valence-corrected chi connectivity index (χ4v) is 2.09. The SMILES string of the molecule is C=C(OC)C(C)(C)CC(C)(CC)C(=O)OC(C)(C)C. The van der Waals surface area contributed by atoms with Crippen molar-refractivity contribution in [2.75, 3.05) is 7.11 Å². The van der Waals surface area contributed by atoms with E-state index in [0.29, 0.717) is 12.2 Å². The third-order valence-electron chi connectivity index (χ3n) is 3.51. The topological polar surface area (TPSA) is 35.5 Å². The van der Waals surface area contributed by atoms with Crippen LogP contribution in [0.3, 0.4) is 0 Å². The first-order valence-electron chi connectivity index (χ1n) is 6.85. The Morgan fingerprint density at radius 2 is 1.58 bits per heavy atom. The molecule has 0 spiro atoms. The van der Waals surface area contributed by atoms with E-state index in [2.05, 4.69) is 6.58 Å². The summed E-state index contributed by atoms with van der Waals surface area (Å²) in [6.45, 7) is 17.6. The van der Waals surface area contributed by atoms with Gasteiger partial charge >= 0.3 is 5.97 Å².